The van der Waals surface area contributed by atoms with Crippen LogP contribution in [-0.2, 0) is 4.79 Å². The maximum Gasteiger partial charge on any atom is 0.220 e. The van der Waals surface area contributed by atoms with Crippen LogP contribution in [0.2, 0.25) is 5.02 Å². The van der Waals surface area contributed by atoms with Gasteiger partial charge < -0.3 is 10.1 Å². The minimum atomic E-state index is -0.0176. The Morgan fingerprint density at radius 1 is 1.20 bits per heavy atom. The summed E-state index contributed by atoms with van der Waals surface area (Å²) in [6.07, 6.45) is 1.36. The number of benzene rings is 2. The summed E-state index contributed by atoms with van der Waals surface area (Å²) in [5, 5.41) is 3.73. The van der Waals surface area contributed by atoms with Gasteiger partial charge in [-0.15, -0.1) is 11.8 Å². The molecule has 1 atom stereocenters. The first kappa shape index (κ1) is 19.7. The number of carbonyl (C=O) groups is 1. The first-order valence-electron chi connectivity index (χ1n) is 8.41. The summed E-state index contributed by atoms with van der Waals surface area (Å²) in [6, 6.07) is 15.6. The zero-order valence-electron chi connectivity index (χ0n) is 14.6. The van der Waals surface area contributed by atoms with Crippen LogP contribution < -0.4 is 10.1 Å². The Labute approximate surface area is 159 Å². The third kappa shape index (κ3) is 7.41. The standard InChI is InChI=1S/C20H24ClNO2S/c1-15-6-3-4-7-19(15)24-14-16(2)22-20(23)8-5-13-25-18-11-9-17(21)10-12-18/h3-4,6-7,9-12,16H,5,8,13-14H2,1-2H3,(H,22,23)/t16-/m1/s1. The molecule has 0 saturated heterocycles. The maximum absolute atomic E-state index is 12.0. The van der Waals surface area contributed by atoms with E-state index in [2.05, 4.69) is 5.32 Å². The summed E-state index contributed by atoms with van der Waals surface area (Å²) in [6.45, 7) is 4.44. The molecule has 0 spiro atoms. The van der Waals surface area contributed by atoms with Crippen molar-refractivity contribution in [3.8, 4) is 5.75 Å². The van der Waals surface area contributed by atoms with Crippen molar-refractivity contribution in [2.24, 2.45) is 0 Å². The Hall–Kier alpha value is -1.65. The number of amides is 1. The minimum absolute atomic E-state index is 0.0176. The van der Waals surface area contributed by atoms with Gasteiger partial charge in [0.05, 0.1) is 6.04 Å². The summed E-state index contributed by atoms with van der Waals surface area (Å²) >= 11 is 7.60. The lowest BCUT2D eigenvalue weighted by molar-refractivity contribution is -0.121. The monoisotopic (exact) mass is 377 g/mol. The van der Waals surface area contributed by atoms with E-state index in [1.54, 1.807) is 11.8 Å². The van der Waals surface area contributed by atoms with Crippen molar-refractivity contribution >= 4 is 29.3 Å². The van der Waals surface area contributed by atoms with E-state index in [1.807, 2.05) is 62.4 Å². The summed E-state index contributed by atoms with van der Waals surface area (Å²) in [5.41, 5.74) is 1.10. The molecule has 1 N–H and O–H groups in total. The lowest BCUT2D eigenvalue weighted by Crippen LogP contribution is -2.36. The average molecular weight is 378 g/mol. The fourth-order valence-electron chi connectivity index (χ4n) is 2.28. The Kier molecular flexibility index (Phi) is 8.16. The Morgan fingerprint density at radius 3 is 2.64 bits per heavy atom. The molecule has 0 fully saturated rings. The second kappa shape index (κ2) is 10.4. The highest BCUT2D eigenvalue weighted by atomic mass is 35.5. The summed E-state index contributed by atoms with van der Waals surface area (Å²) in [4.78, 5) is 13.2. The second-order valence-electron chi connectivity index (χ2n) is 5.95. The van der Waals surface area contributed by atoms with E-state index in [1.165, 1.54) is 4.90 Å². The molecule has 1 amide bonds. The van der Waals surface area contributed by atoms with Crippen LogP contribution in [0.15, 0.2) is 53.4 Å². The Balaban J connectivity index is 1.61. The molecule has 2 aromatic carbocycles. The van der Waals surface area contributed by atoms with Gasteiger partial charge in [0.2, 0.25) is 5.91 Å². The fraction of sp³-hybridized carbons (Fsp3) is 0.350. The molecule has 0 aliphatic heterocycles. The van der Waals surface area contributed by atoms with Gasteiger partial charge in [-0.1, -0.05) is 29.8 Å². The van der Waals surface area contributed by atoms with Gasteiger partial charge in [0.1, 0.15) is 12.4 Å². The molecule has 0 aliphatic rings. The quantitative estimate of drug-likeness (QED) is 0.487. The van der Waals surface area contributed by atoms with E-state index < -0.39 is 0 Å². The van der Waals surface area contributed by atoms with E-state index in [-0.39, 0.29) is 11.9 Å². The molecule has 0 aliphatic carbocycles. The predicted molar refractivity (Wildman–Crippen MR) is 106 cm³/mol. The van der Waals surface area contributed by atoms with Crippen LogP contribution in [0.1, 0.15) is 25.3 Å². The molecule has 2 aromatic rings. The van der Waals surface area contributed by atoms with Gasteiger partial charge >= 0.3 is 0 Å². The van der Waals surface area contributed by atoms with Crippen LogP contribution in [0.4, 0.5) is 0 Å². The first-order chi connectivity index (χ1) is 12.0. The van der Waals surface area contributed by atoms with Crippen molar-refractivity contribution in [3.05, 3.63) is 59.1 Å². The topological polar surface area (TPSA) is 38.3 Å². The van der Waals surface area contributed by atoms with E-state index in [0.717, 1.165) is 28.5 Å². The van der Waals surface area contributed by atoms with Crippen LogP contribution in [0, 0.1) is 6.92 Å². The average Bonchev–Trinajstić information content (AvgIpc) is 2.59. The number of aryl methyl sites for hydroxylation is 1. The van der Waals surface area contributed by atoms with Gasteiger partial charge in [-0.2, -0.15) is 0 Å². The van der Waals surface area contributed by atoms with Gasteiger partial charge in [-0.05, 0) is 61.9 Å². The third-order valence-corrected chi connectivity index (χ3v) is 4.97. The highest BCUT2D eigenvalue weighted by molar-refractivity contribution is 7.99. The van der Waals surface area contributed by atoms with Crippen LogP contribution in [0.3, 0.4) is 0 Å². The highest BCUT2D eigenvalue weighted by Gasteiger charge is 2.09. The van der Waals surface area contributed by atoms with Gasteiger partial charge in [-0.3, -0.25) is 4.79 Å². The molecule has 0 aromatic heterocycles. The van der Waals surface area contributed by atoms with Crippen molar-refractivity contribution < 1.29 is 9.53 Å². The zero-order valence-corrected chi connectivity index (χ0v) is 16.2. The fourth-order valence-corrected chi connectivity index (χ4v) is 3.25. The largest absolute Gasteiger partial charge is 0.491 e. The van der Waals surface area contributed by atoms with Gasteiger partial charge in [0.25, 0.3) is 0 Å². The van der Waals surface area contributed by atoms with Crippen molar-refractivity contribution in [1.29, 1.82) is 0 Å². The predicted octanol–water partition coefficient (Wildman–Crippen LogP) is 5.10. The van der Waals surface area contributed by atoms with Crippen LogP contribution >= 0.6 is 23.4 Å². The number of nitrogens with one attached hydrogen (secondary N) is 1. The molecule has 3 nitrogen and oxygen atoms in total. The van der Waals surface area contributed by atoms with Crippen LogP contribution in [-0.4, -0.2) is 24.3 Å². The van der Waals surface area contributed by atoms with E-state index in [9.17, 15) is 4.79 Å². The lowest BCUT2D eigenvalue weighted by atomic mass is 10.2. The molecule has 0 radical (unpaired) electrons. The number of para-hydroxylation sites is 1. The van der Waals surface area contributed by atoms with Gasteiger partial charge in [0, 0.05) is 16.3 Å². The lowest BCUT2D eigenvalue weighted by Gasteiger charge is -2.16. The van der Waals surface area contributed by atoms with E-state index in [0.29, 0.717) is 13.0 Å². The molecule has 25 heavy (non-hydrogen) atoms. The Bertz CT molecular complexity index is 676. The molecular formula is C20H24ClNO2S. The molecule has 5 heteroatoms. The molecular weight excluding hydrogens is 354 g/mol. The van der Waals surface area contributed by atoms with Crippen molar-refractivity contribution in [2.45, 2.75) is 37.6 Å². The SMILES string of the molecule is Cc1ccccc1OC[C@@H](C)NC(=O)CCCSc1ccc(Cl)cc1. The number of ether oxygens (including phenoxy) is 1. The summed E-state index contributed by atoms with van der Waals surface area (Å²) < 4.78 is 5.76. The number of rotatable bonds is 9. The van der Waals surface area contributed by atoms with Crippen LogP contribution in [0.25, 0.3) is 0 Å². The number of halogens is 1. The number of thioether (sulfide) groups is 1. The van der Waals surface area contributed by atoms with Gasteiger partial charge in [0.15, 0.2) is 0 Å². The van der Waals surface area contributed by atoms with Gasteiger partial charge in [-0.25, -0.2) is 0 Å². The smallest absolute Gasteiger partial charge is 0.220 e. The Morgan fingerprint density at radius 2 is 1.92 bits per heavy atom. The minimum Gasteiger partial charge on any atom is -0.491 e. The van der Waals surface area contributed by atoms with Crippen molar-refractivity contribution in [1.82, 2.24) is 5.32 Å². The maximum atomic E-state index is 12.0. The molecule has 134 valence electrons. The third-order valence-electron chi connectivity index (χ3n) is 3.62. The van der Waals surface area contributed by atoms with E-state index in [4.69, 9.17) is 16.3 Å². The summed E-state index contributed by atoms with van der Waals surface area (Å²) in [5.74, 6) is 1.84. The molecule has 0 bridgehead atoms. The second-order valence-corrected chi connectivity index (χ2v) is 7.56. The normalized spacial score (nSPS) is 11.8. The van der Waals surface area contributed by atoms with Crippen LogP contribution in [0.5, 0.6) is 5.75 Å². The zero-order chi connectivity index (χ0) is 18.1. The molecule has 0 saturated carbocycles. The molecule has 0 heterocycles. The van der Waals surface area contributed by atoms with E-state index >= 15 is 0 Å². The molecule has 2 rings (SSSR count). The number of hydrogen-bond donors (Lipinski definition) is 1. The molecule has 0 unspecified atom stereocenters. The van der Waals surface area contributed by atoms with Crippen molar-refractivity contribution in [3.63, 3.8) is 0 Å². The first-order valence-corrected chi connectivity index (χ1v) is 9.77. The highest BCUT2D eigenvalue weighted by Crippen LogP contribution is 2.21. The van der Waals surface area contributed by atoms with Crippen molar-refractivity contribution in [2.75, 3.05) is 12.4 Å². The number of hydrogen-bond acceptors (Lipinski definition) is 3. The summed E-state index contributed by atoms with van der Waals surface area (Å²) in [7, 11) is 0. The number of carbonyl (C=O) groups excluding carboxylic acids is 1.